The van der Waals surface area contributed by atoms with Gasteiger partial charge in [-0.05, 0) is 106 Å². The minimum absolute atomic E-state index is 0.0883. The third kappa shape index (κ3) is 5.15. The fraction of sp³-hybridized carbons (Fsp3) is 0.0727. The summed E-state index contributed by atoms with van der Waals surface area (Å²) in [5.74, 6) is 2.25. The molecule has 284 valence electrons. The first-order valence-corrected chi connectivity index (χ1v) is 20.5. The Kier molecular flexibility index (Phi) is 7.42. The highest BCUT2D eigenvalue weighted by atomic mass is 16.3. The molecule has 0 bridgehead atoms. The van der Waals surface area contributed by atoms with Gasteiger partial charge in [0.1, 0.15) is 11.2 Å². The van der Waals surface area contributed by atoms with E-state index in [4.69, 9.17) is 14.4 Å². The van der Waals surface area contributed by atoms with Crippen molar-refractivity contribution in [3.8, 4) is 62.1 Å². The van der Waals surface area contributed by atoms with E-state index >= 15 is 0 Å². The smallest absolute Gasteiger partial charge is 0.308 e. The van der Waals surface area contributed by atoms with E-state index in [1.54, 1.807) is 0 Å². The molecule has 11 aromatic rings. The fourth-order valence-electron chi connectivity index (χ4n) is 9.68. The summed E-state index contributed by atoms with van der Waals surface area (Å²) in [7, 11) is 2.05. The highest BCUT2D eigenvalue weighted by Gasteiger charge is 2.36. The second kappa shape index (κ2) is 12.9. The fourth-order valence-corrected chi connectivity index (χ4v) is 9.68. The minimum Gasteiger partial charge on any atom is -0.456 e. The molecular weight excluding hydrogens is 733 g/mol. The molecule has 0 atom stereocenters. The van der Waals surface area contributed by atoms with Crippen LogP contribution in [0.3, 0.4) is 0 Å². The van der Waals surface area contributed by atoms with E-state index in [1.165, 1.54) is 38.5 Å². The topological polar surface area (TPSA) is 47.7 Å². The number of furan rings is 1. The number of para-hydroxylation sites is 2. The molecule has 0 saturated heterocycles. The van der Waals surface area contributed by atoms with Gasteiger partial charge < -0.3 is 8.98 Å². The van der Waals surface area contributed by atoms with E-state index in [0.29, 0.717) is 5.82 Å². The largest absolute Gasteiger partial charge is 0.456 e. The van der Waals surface area contributed by atoms with Gasteiger partial charge in [0, 0.05) is 32.6 Å². The molecule has 0 amide bonds. The zero-order valence-electron chi connectivity index (χ0n) is 33.5. The minimum atomic E-state index is -0.0883. The standard InChI is InChI=1S/C55H39N4O/c1-55(2)46-24-10-7-21-40(46)44-33-49-45(32-47(44)55)41-22-8-11-25-48(41)59(49)39-20-14-18-36(30-39)52-56-53(37-19-13-17-35(29-37)34-15-5-4-6-16-34)58(3)54(57-52)38-27-28-43-42-23-9-12-26-50(42)60-51(43)31-38/h4-33H,1-3H3/q+1. The van der Waals surface area contributed by atoms with Crippen molar-refractivity contribution in [1.82, 2.24) is 14.5 Å². The molecule has 0 N–H and O–H groups in total. The Balaban J connectivity index is 1.07. The number of hydrogen-bond donors (Lipinski definition) is 0. The van der Waals surface area contributed by atoms with Crippen LogP contribution < -0.4 is 4.57 Å². The number of hydrogen-bond acceptors (Lipinski definition) is 3. The molecule has 1 aliphatic rings. The van der Waals surface area contributed by atoms with Gasteiger partial charge in [-0.15, -0.1) is 0 Å². The van der Waals surface area contributed by atoms with Crippen molar-refractivity contribution < 1.29 is 8.98 Å². The molecule has 60 heavy (non-hydrogen) atoms. The third-order valence-corrected chi connectivity index (χ3v) is 12.7. The molecule has 3 heterocycles. The van der Waals surface area contributed by atoms with Crippen molar-refractivity contribution in [1.29, 1.82) is 0 Å². The van der Waals surface area contributed by atoms with Gasteiger partial charge in [-0.3, -0.25) is 0 Å². The molecule has 3 aromatic heterocycles. The van der Waals surface area contributed by atoms with Gasteiger partial charge >= 0.3 is 5.82 Å². The van der Waals surface area contributed by atoms with Crippen LogP contribution in [-0.4, -0.2) is 14.5 Å². The van der Waals surface area contributed by atoms with E-state index < -0.39 is 0 Å². The summed E-state index contributed by atoms with van der Waals surface area (Å²) in [5.41, 5.74) is 15.5. The highest BCUT2D eigenvalue weighted by molar-refractivity contribution is 6.11. The number of rotatable bonds is 5. The average Bonchev–Trinajstić information content (AvgIpc) is 3.91. The van der Waals surface area contributed by atoms with E-state index in [-0.39, 0.29) is 5.41 Å². The molecule has 0 fully saturated rings. The van der Waals surface area contributed by atoms with E-state index in [1.807, 2.05) is 12.1 Å². The molecule has 1 aliphatic carbocycles. The van der Waals surface area contributed by atoms with Gasteiger partial charge in [-0.25, -0.2) is 4.57 Å². The number of nitrogens with zero attached hydrogens (tertiary/aromatic N) is 4. The van der Waals surface area contributed by atoms with E-state index in [9.17, 15) is 0 Å². The molecule has 0 saturated carbocycles. The predicted molar refractivity (Wildman–Crippen MR) is 244 cm³/mol. The Morgan fingerprint density at radius 3 is 1.98 bits per heavy atom. The Hall–Kier alpha value is -7.63. The summed E-state index contributed by atoms with van der Waals surface area (Å²) in [6, 6.07) is 64.9. The maximum atomic E-state index is 6.38. The molecular formula is C55H39N4O+. The van der Waals surface area contributed by atoms with Crippen LogP contribution in [0.25, 0.3) is 106 Å². The van der Waals surface area contributed by atoms with Crippen LogP contribution in [0.1, 0.15) is 25.0 Å². The lowest BCUT2D eigenvalue weighted by Crippen LogP contribution is -2.37. The number of aromatic nitrogens is 4. The van der Waals surface area contributed by atoms with Gasteiger partial charge in [-0.2, -0.15) is 0 Å². The SMILES string of the molecule is C[n+]1c(-c2cccc(-c3ccccc3)c2)nc(-c2cccc(-n3c4ccccc4c4cc5c(cc43)-c3ccccc3C5(C)C)c2)nc1-c1ccc2c(c1)oc1ccccc12. The first kappa shape index (κ1) is 34.4. The Labute approximate surface area is 347 Å². The van der Waals surface area contributed by atoms with Gasteiger partial charge in [0.25, 0.3) is 11.6 Å². The van der Waals surface area contributed by atoms with Crippen molar-refractivity contribution in [2.45, 2.75) is 19.3 Å². The average molecular weight is 772 g/mol. The van der Waals surface area contributed by atoms with E-state index in [0.717, 1.165) is 72.6 Å². The Morgan fingerprint density at radius 2 is 1.12 bits per heavy atom. The molecule has 8 aromatic carbocycles. The second-order valence-corrected chi connectivity index (χ2v) is 16.5. The number of benzene rings is 8. The lowest BCUT2D eigenvalue weighted by Gasteiger charge is -2.21. The summed E-state index contributed by atoms with van der Waals surface area (Å²) in [6.07, 6.45) is 0. The summed E-state index contributed by atoms with van der Waals surface area (Å²) in [4.78, 5) is 10.8. The van der Waals surface area contributed by atoms with Crippen LogP contribution in [0.5, 0.6) is 0 Å². The van der Waals surface area contributed by atoms with Crippen molar-refractivity contribution in [2.75, 3.05) is 0 Å². The summed E-state index contributed by atoms with van der Waals surface area (Å²) < 4.78 is 10.9. The Morgan fingerprint density at radius 1 is 0.450 bits per heavy atom. The third-order valence-electron chi connectivity index (χ3n) is 12.7. The van der Waals surface area contributed by atoms with Crippen molar-refractivity contribution in [2.24, 2.45) is 7.05 Å². The predicted octanol–water partition coefficient (Wildman–Crippen LogP) is 13.3. The van der Waals surface area contributed by atoms with Crippen LogP contribution in [0.2, 0.25) is 0 Å². The zero-order valence-corrected chi connectivity index (χ0v) is 33.5. The Bertz CT molecular complexity index is 3540. The molecule has 0 unspecified atom stereocenters. The summed E-state index contributed by atoms with van der Waals surface area (Å²) in [5, 5.41) is 4.67. The van der Waals surface area contributed by atoms with Crippen molar-refractivity contribution in [3.63, 3.8) is 0 Å². The lowest BCUT2D eigenvalue weighted by molar-refractivity contribution is -0.654. The molecule has 5 heteroatoms. The molecule has 0 aliphatic heterocycles. The van der Waals surface area contributed by atoms with Crippen LogP contribution >= 0.6 is 0 Å². The van der Waals surface area contributed by atoms with Crippen LogP contribution in [0.15, 0.2) is 186 Å². The van der Waals surface area contributed by atoms with Crippen LogP contribution in [0, 0.1) is 0 Å². The zero-order chi connectivity index (χ0) is 40.1. The second-order valence-electron chi connectivity index (χ2n) is 16.5. The van der Waals surface area contributed by atoms with Crippen LogP contribution in [-0.2, 0) is 12.5 Å². The van der Waals surface area contributed by atoms with Crippen molar-refractivity contribution >= 4 is 43.7 Å². The molecule has 5 nitrogen and oxygen atoms in total. The van der Waals surface area contributed by atoms with Gasteiger partial charge in [0.2, 0.25) is 0 Å². The van der Waals surface area contributed by atoms with Gasteiger partial charge in [0.15, 0.2) is 0 Å². The maximum Gasteiger partial charge on any atom is 0.308 e. The normalized spacial score (nSPS) is 13.1. The maximum absolute atomic E-state index is 6.38. The first-order chi connectivity index (χ1) is 29.4. The monoisotopic (exact) mass is 771 g/mol. The summed E-state index contributed by atoms with van der Waals surface area (Å²) in [6.45, 7) is 4.70. The quantitative estimate of drug-likeness (QED) is 0.164. The molecule has 0 radical (unpaired) electrons. The number of fused-ring (bicyclic) bond motifs is 9. The van der Waals surface area contributed by atoms with Gasteiger partial charge in [-0.1, -0.05) is 133 Å². The molecule has 12 rings (SSSR count). The first-order valence-electron chi connectivity index (χ1n) is 20.5. The lowest BCUT2D eigenvalue weighted by atomic mass is 9.82. The highest BCUT2D eigenvalue weighted by Crippen LogP contribution is 2.51. The van der Waals surface area contributed by atoms with E-state index in [2.05, 4.69) is 200 Å². The van der Waals surface area contributed by atoms with Crippen molar-refractivity contribution in [3.05, 3.63) is 193 Å². The van der Waals surface area contributed by atoms with Gasteiger partial charge in [0.05, 0.1) is 34.8 Å². The molecule has 0 spiro atoms. The van der Waals surface area contributed by atoms with Crippen LogP contribution in [0.4, 0.5) is 0 Å². The summed E-state index contributed by atoms with van der Waals surface area (Å²) >= 11 is 0.